The number of benzene rings is 2. The van der Waals surface area contributed by atoms with E-state index in [0.29, 0.717) is 12.6 Å². The largest absolute Gasteiger partial charge is 0.493 e. The van der Waals surface area contributed by atoms with Crippen molar-refractivity contribution in [2.24, 2.45) is 0 Å². The van der Waals surface area contributed by atoms with Gasteiger partial charge in [0.1, 0.15) is 6.61 Å². The first-order valence-electron chi connectivity index (χ1n) is 9.61. The highest BCUT2D eigenvalue weighted by atomic mass is 16.5. The number of ether oxygens (including phenoxy) is 2. The second kappa shape index (κ2) is 9.60. The first-order valence-corrected chi connectivity index (χ1v) is 9.61. The minimum atomic E-state index is 0.437. The van der Waals surface area contributed by atoms with Crippen molar-refractivity contribution in [1.82, 2.24) is 10.2 Å². The molecule has 1 N–H and O–H groups in total. The summed E-state index contributed by atoms with van der Waals surface area (Å²) in [6.07, 6.45) is 2.32. The maximum atomic E-state index is 6.11. The third-order valence-corrected chi connectivity index (χ3v) is 4.96. The standard InChI is InChI=1S/C22H30N2O2/c1-3-7-20(24-14-12-23-13-15-24)19-10-11-21(25-2)22(16-19)26-17-18-8-5-4-6-9-18/h4-6,8-11,16,20,23H,3,7,12-15,17H2,1-2H3/t20-/m0/s1. The van der Waals surface area contributed by atoms with Crippen LogP contribution in [0.25, 0.3) is 0 Å². The van der Waals surface area contributed by atoms with Crippen LogP contribution in [0.4, 0.5) is 0 Å². The lowest BCUT2D eigenvalue weighted by atomic mass is 9.99. The molecule has 0 spiro atoms. The number of methoxy groups -OCH3 is 1. The molecule has 0 aliphatic carbocycles. The Morgan fingerprint density at radius 2 is 1.81 bits per heavy atom. The Morgan fingerprint density at radius 1 is 1.04 bits per heavy atom. The van der Waals surface area contributed by atoms with Gasteiger partial charge in [-0.3, -0.25) is 4.90 Å². The Bertz CT molecular complexity index is 669. The molecule has 4 heteroatoms. The average Bonchev–Trinajstić information content (AvgIpc) is 2.71. The van der Waals surface area contributed by atoms with Crippen LogP contribution in [0.1, 0.15) is 36.9 Å². The topological polar surface area (TPSA) is 33.7 Å². The van der Waals surface area contributed by atoms with Gasteiger partial charge in [0, 0.05) is 32.2 Å². The summed E-state index contributed by atoms with van der Waals surface area (Å²) in [4.78, 5) is 2.59. The summed E-state index contributed by atoms with van der Waals surface area (Å²) in [5.41, 5.74) is 2.48. The Hall–Kier alpha value is -2.04. The smallest absolute Gasteiger partial charge is 0.161 e. The average molecular weight is 354 g/mol. The lowest BCUT2D eigenvalue weighted by Crippen LogP contribution is -2.45. The number of hydrogen-bond acceptors (Lipinski definition) is 4. The monoisotopic (exact) mass is 354 g/mol. The van der Waals surface area contributed by atoms with Crippen LogP contribution in [0, 0.1) is 0 Å². The van der Waals surface area contributed by atoms with Crippen molar-refractivity contribution >= 4 is 0 Å². The summed E-state index contributed by atoms with van der Waals surface area (Å²) in [5, 5.41) is 3.44. The van der Waals surface area contributed by atoms with Crippen molar-refractivity contribution in [3.05, 3.63) is 59.7 Å². The van der Waals surface area contributed by atoms with Crippen LogP contribution in [-0.2, 0) is 6.61 Å². The summed E-state index contributed by atoms with van der Waals surface area (Å²) in [7, 11) is 1.70. The van der Waals surface area contributed by atoms with E-state index in [2.05, 4.69) is 41.4 Å². The molecule has 0 amide bonds. The lowest BCUT2D eigenvalue weighted by molar-refractivity contribution is 0.164. The van der Waals surface area contributed by atoms with Crippen molar-refractivity contribution in [2.75, 3.05) is 33.3 Å². The zero-order chi connectivity index (χ0) is 18.2. The molecule has 0 aromatic heterocycles. The van der Waals surface area contributed by atoms with E-state index < -0.39 is 0 Å². The van der Waals surface area contributed by atoms with E-state index in [1.165, 1.54) is 12.0 Å². The molecule has 140 valence electrons. The number of hydrogen-bond donors (Lipinski definition) is 1. The highest BCUT2D eigenvalue weighted by Gasteiger charge is 2.22. The zero-order valence-electron chi connectivity index (χ0n) is 15.9. The van der Waals surface area contributed by atoms with Crippen molar-refractivity contribution in [3.63, 3.8) is 0 Å². The number of nitrogens with zero attached hydrogens (tertiary/aromatic N) is 1. The van der Waals surface area contributed by atoms with Crippen LogP contribution in [0.2, 0.25) is 0 Å². The molecule has 1 aliphatic rings. The van der Waals surface area contributed by atoms with Gasteiger partial charge in [0.25, 0.3) is 0 Å². The molecule has 1 fully saturated rings. The molecule has 4 nitrogen and oxygen atoms in total. The zero-order valence-corrected chi connectivity index (χ0v) is 15.9. The Morgan fingerprint density at radius 3 is 2.50 bits per heavy atom. The van der Waals surface area contributed by atoms with Crippen molar-refractivity contribution < 1.29 is 9.47 Å². The van der Waals surface area contributed by atoms with E-state index in [9.17, 15) is 0 Å². The van der Waals surface area contributed by atoms with Gasteiger partial charge in [0.05, 0.1) is 7.11 Å². The maximum Gasteiger partial charge on any atom is 0.161 e. The lowest BCUT2D eigenvalue weighted by Gasteiger charge is -2.35. The van der Waals surface area contributed by atoms with E-state index in [0.717, 1.165) is 49.7 Å². The normalized spacial score (nSPS) is 16.2. The molecular formula is C22H30N2O2. The SMILES string of the molecule is CCC[C@@H](c1ccc(OC)c(OCc2ccccc2)c1)N1CCNCC1. The van der Waals surface area contributed by atoms with Gasteiger partial charge in [-0.15, -0.1) is 0 Å². The molecule has 1 aliphatic heterocycles. The second-order valence-electron chi connectivity index (χ2n) is 6.78. The van der Waals surface area contributed by atoms with E-state index >= 15 is 0 Å². The first-order chi connectivity index (χ1) is 12.8. The van der Waals surface area contributed by atoms with Gasteiger partial charge >= 0.3 is 0 Å². The Balaban J connectivity index is 1.79. The molecule has 2 aromatic carbocycles. The van der Waals surface area contributed by atoms with E-state index in [4.69, 9.17) is 9.47 Å². The molecule has 0 radical (unpaired) electrons. The molecule has 2 aromatic rings. The highest BCUT2D eigenvalue weighted by molar-refractivity contribution is 5.44. The molecule has 3 rings (SSSR count). The fraction of sp³-hybridized carbons (Fsp3) is 0.455. The van der Waals surface area contributed by atoms with Gasteiger partial charge in [0.2, 0.25) is 0 Å². The fourth-order valence-electron chi connectivity index (χ4n) is 3.58. The van der Waals surface area contributed by atoms with Crippen LogP contribution < -0.4 is 14.8 Å². The van der Waals surface area contributed by atoms with Crippen molar-refractivity contribution in [1.29, 1.82) is 0 Å². The summed E-state index contributed by atoms with van der Waals surface area (Å²) in [6, 6.07) is 17.1. The molecule has 26 heavy (non-hydrogen) atoms. The molecule has 0 unspecified atom stereocenters. The molecule has 0 bridgehead atoms. The highest BCUT2D eigenvalue weighted by Crippen LogP contribution is 2.34. The van der Waals surface area contributed by atoms with E-state index in [1.54, 1.807) is 7.11 Å². The van der Waals surface area contributed by atoms with Crippen LogP contribution >= 0.6 is 0 Å². The Labute approximate surface area is 157 Å². The van der Waals surface area contributed by atoms with E-state index in [-0.39, 0.29) is 0 Å². The third-order valence-electron chi connectivity index (χ3n) is 4.96. The molecule has 1 atom stereocenters. The summed E-state index contributed by atoms with van der Waals surface area (Å²) in [5.74, 6) is 1.62. The predicted octanol–water partition coefficient (Wildman–Crippen LogP) is 4.02. The van der Waals surface area contributed by atoms with Crippen LogP contribution in [0.5, 0.6) is 11.5 Å². The van der Waals surface area contributed by atoms with Gasteiger partial charge in [-0.1, -0.05) is 49.7 Å². The predicted molar refractivity (Wildman–Crippen MR) is 106 cm³/mol. The van der Waals surface area contributed by atoms with Crippen LogP contribution in [0.15, 0.2) is 48.5 Å². The molecular weight excluding hydrogens is 324 g/mol. The first kappa shape index (κ1) is 18.7. The van der Waals surface area contributed by atoms with Gasteiger partial charge in [-0.2, -0.15) is 0 Å². The Kier molecular flexibility index (Phi) is 6.92. The molecule has 0 saturated carbocycles. The third kappa shape index (κ3) is 4.77. The van der Waals surface area contributed by atoms with Crippen molar-refractivity contribution in [2.45, 2.75) is 32.4 Å². The number of rotatable bonds is 8. The molecule has 1 saturated heterocycles. The maximum absolute atomic E-state index is 6.11. The summed E-state index contributed by atoms with van der Waals surface area (Å²) in [6.45, 7) is 7.12. The van der Waals surface area contributed by atoms with Gasteiger partial charge in [-0.25, -0.2) is 0 Å². The van der Waals surface area contributed by atoms with Gasteiger partial charge in [-0.05, 0) is 29.7 Å². The number of nitrogens with one attached hydrogen (secondary N) is 1. The molecule has 1 heterocycles. The second-order valence-corrected chi connectivity index (χ2v) is 6.78. The van der Waals surface area contributed by atoms with Gasteiger partial charge in [0.15, 0.2) is 11.5 Å². The van der Waals surface area contributed by atoms with Gasteiger partial charge < -0.3 is 14.8 Å². The quantitative estimate of drug-likeness (QED) is 0.776. The summed E-state index contributed by atoms with van der Waals surface area (Å²) >= 11 is 0. The minimum Gasteiger partial charge on any atom is -0.493 e. The van der Waals surface area contributed by atoms with E-state index in [1.807, 2.05) is 24.3 Å². The van der Waals surface area contributed by atoms with Crippen molar-refractivity contribution in [3.8, 4) is 11.5 Å². The minimum absolute atomic E-state index is 0.437. The van der Waals surface area contributed by atoms with Crippen LogP contribution in [0.3, 0.4) is 0 Å². The summed E-state index contributed by atoms with van der Waals surface area (Å²) < 4.78 is 11.6. The fourth-order valence-corrected chi connectivity index (χ4v) is 3.58. The number of piperazine rings is 1. The van der Waals surface area contributed by atoms with Crippen LogP contribution in [-0.4, -0.2) is 38.2 Å².